The van der Waals surface area contributed by atoms with E-state index in [0.717, 1.165) is 24.0 Å². The summed E-state index contributed by atoms with van der Waals surface area (Å²) >= 11 is 3.50. The molecule has 0 bridgehead atoms. The molecule has 1 aliphatic carbocycles. The minimum atomic E-state index is -2.48. The lowest BCUT2D eigenvalue weighted by molar-refractivity contribution is 0.304. The fourth-order valence-electron chi connectivity index (χ4n) is 3.59. The van der Waals surface area contributed by atoms with Crippen molar-refractivity contribution in [1.29, 1.82) is 0 Å². The van der Waals surface area contributed by atoms with Crippen molar-refractivity contribution in [2.45, 2.75) is 85.4 Å². The summed E-state index contributed by atoms with van der Waals surface area (Å²) < 4.78 is 48.9. The van der Waals surface area contributed by atoms with Gasteiger partial charge < -0.3 is 4.74 Å². The maximum absolute atomic E-state index is 9.06. The van der Waals surface area contributed by atoms with Gasteiger partial charge in [0.2, 0.25) is 0 Å². The van der Waals surface area contributed by atoms with E-state index in [2.05, 4.69) is 43.6 Å². The molecule has 0 fully saturated rings. The summed E-state index contributed by atoms with van der Waals surface area (Å²) in [4.78, 5) is 0. The maximum Gasteiger partial charge on any atom is 0.137 e. The Kier molecular flexibility index (Phi) is 3.22. The molecule has 0 spiro atoms. The van der Waals surface area contributed by atoms with E-state index >= 15 is 0 Å². The predicted octanol–water partition coefficient (Wildman–Crippen LogP) is 6.70. The first-order valence-corrected chi connectivity index (χ1v) is 9.05. The molecule has 0 atom stereocenters. The second-order valence-electron chi connectivity index (χ2n) is 8.99. The molecule has 0 aromatic heterocycles. The van der Waals surface area contributed by atoms with Gasteiger partial charge in [-0.25, -0.2) is 0 Å². The van der Waals surface area contributed by atoms with Crippen LogP contribution in [0.3, 0.4) is 0 Å². The van der Waals surface area contributed by atoms with E-state index < -0.39 is 18.6 Å². The van der Waals surface area contributed by atoms with Gasteiger partial charge in [0, 0.05) is 12.4 Å². The van der Waals surface area contributed by atoms with E-state index in [1.807, 2.05) is 20.8 Å². The van der Waals surface area contributed by atoms with Gasteiger partial charge in [0.05, 0.1) is 11.6 Å². The summed E-state index contributed by atoms with van der Waals surface area (Å²) in [5, 5.41) is 0. The summed E-state index contributed by atoms with van der Waals surface area (Å²) in [5.74, 6) is 0.521. The van der Waals surface area contributed by atoms with Crippen LogP contribution in [0.25, 0.3) is 0 Å². The van der Waals surface area contributed by atoms with Crippen LogP contribution in [0.2, 0.25) is 0 Å². The Morgan fingerprint density at radius 3 is 2.09 bits per heavy atom. The summed E-state index contributed by atoms with van der Waals surface area (Å²) in [6.07, 6.45) is -0.0768. The van der Waals surface area contributed by atoms with Gasteiger partial charge in [-0.2, -0.15) is 0 Å². The smallest absolute Gasteiger partial charge is 0.137 e. The minimum absolute atomic E-state index is 0.0359. The Hall–Kier alpha value is -0.500. The third-order valence-corrected chi connectivity index (χ3v) is 5.59. The number of hydrogen-bond donors (Lipinski definition) is 0. The molecule has 23 heavy (non-hydrogen) atoms. The molecule has 1 nitrogen and oxygen atoms in total. The lowest BCUT2D eigenvalue weighted by Gasteiger charge is -2.45. The van der Waals surface area contributed by atoms with Crippen molar-refractivity contribution in [2.24, 2.45) is 5.41 Å². The molecule has 0 aliphatic heterocycles. The summed E-state index contributed by atoms with van der Waals surface area (Å²) in [6, 6.07) is 0. The van der Waals surface area contributed by atoms with Crippen LogP contribution in [0, 0.1) is 12.3 Å². The van der Waals surface area contributed by atoms with Crippen LogP contribution in [0.5, 0.6) is 5.75 Å². The number of ether oxygens (including phenoxy) is 1. The van der Waals surface area contributed by atoms with Gasteiger partial charge in [-0.3, -0.25) is 0 Å². The monoisotopic (exact) mass is 385 g/mol. The number of halogens is 1. The highest BCUT2D eigenvalue weighted by Gasteiger charge is 2.42. The van der Waals surface area contributed by atoms with E-state index in [1.165, 1.54) is 0 Å². The van der Waals surface area contributed by atoms with E-state index in [-0.39, 0.29) is 16.4 Å². The third-order valence-electron chi connectivity index (χ3n) is 4.83. The largest absolute Gasteiger partial charge is 0.495 e. The van der Waals surface area contributed by atoms with E-state index in [0.29, 0.717) is 15.8 Å². The Morgan fingerprint density at radius 2 is 1.65 bits per heavy atom. The van der Waals surface area contributed by atoms with Gasteiger partial charge >= 0.3 is 0 Å². The van der Waals surface area contributed by atoms with Gasteiger partial charge in [-0.1, -0.05) is 48.5 Å². The molecule has 0 amide bonds. The maximum atomic E-state index is 9.06. The van der Waals surface area contributed by atoms with E-state index in [1.54, 1.807) is 7.11 Å². The first-order valence-electron chi connectivity index (χ1n) is 10.8. The van der Waals surface area contributed by atoms with Crippen molar-refractivity contribution < 1.29 is 11.6 Å². The van der Waals surface area contributed by atoms with Crippen LogP contribution >= 0.6 is 15.9 Å². The molecule has 0 saturated heterocycles. The van der Waals surface area contributed by atoms with Gasteiger partial charge in [-0.05, 0) is 74.9 Å². The summed E-state index contributed by atoms with van der Waals surface area (Å²) in [6.45, 7) is 11.4. The molecule has 0 heterocycles. The first kappa shape index (κ1) is 12.8. The number of methoxy groups -OCH3 is 1. The Labute approximate surface area is 158 Å². The van der Waals surface area contributed by atoms with Gasteiger partial charge in [0.25, 0.3) is 0 Å². The zero-order valence-corrected chi connectivity index (χ0v) is 17.3. The molecule has 2 rings (SSSR count). The Morgan fingerprint density at radius 1 is 1.13 bits per heavy atom. The normalized spacial score (nSPS) is 23.8. The van der Waals surface area contributed by atoms with Crippen molar-refractivity contribution in [3.63, 3.8) is 0 Å². The van der Waals surface area contributed by atoms with Crippen molar-refractivity contribution in [3.8, 4) is 5.75 Å². The molecule has 1 aliphatic rings. The second-order valence-corrected chi connectivity index (χ2v) is 9.78. The number of fused-ring (bicyclic) bond motifs is 1. The van der Waals surface area contributed by atoms with Crippen LogP contribution in [-0.4, -0.2) is 7.11 Å². The highest BCUT2D eigenvalue weighted by Crippen LogP contribution is 2.54. The lowest BCUT2D eigenvalue weighted by Crippen LogP contribution is -2.36. The zero-order chi connectivity index (χ0) is 22.1. The van der Waals surface area contributed by atoms with Crippen LogP contribution in [0.4, 0.5) is 0 Å². The van der Waals surface area contributed by atoms with Crippen molar-refractivity contribution >= 4 is 15.9 Å². The van der Waals surface area contributed by atoms with Crippen LogP contribution in [-0.2, 0) is 17.2 Å². The Balaban J connectivity index is 3.25. The summed E-state index contributed by atoms with van der Waals surface area (Å²) in [7, 11) is 1.55. The number of benzene rings is 1. The van der Waals surface area contributed by atoms with Crippen molar-refractivity contribution in [3.05, 3.63) is 26.7 Å². The molecule has 0 N–H and O–H groups in total. The number of rotatable bonds is 2. The average molecular weight is 386 g/mol. The van der Waals surface area contributed by atoms with E-state index in [4.69, 9.17) is 11.6 Å². The molecule has 0 radical (unpaired) electrons. The van der Waals surface area contributed by atoms with Crippen LogP contribution in [0.15, 0.2) is 4.47 Å². The molecule has 2 heteroatoms. The van der Waals surface area contributed by atoms with Crippen molar-refractivity contribution in [1.82, 2.24) is 0 Å². The molecule has 130 valence electrons. The molecular formula is C21H33BrO. The third kappa shape index (κ3) is 3.34. The zero-order valence-electron chi connectivity index (χ0n) is 20.7. The summed E-state index contributed by atoms with van der Waals surface area (Å²) in [5.41, 5.74) is 0.659. The topological polar surface area (TPSA) is 9.23 Å². The van der Waals surface area contributed by atoms with Gasteiger partial charge in [-0.15, -0.1) is 0 Å². The molecule has 1 aromatic rings. The van der Waals surface area contributed by atoms with Crippen molar-refractivity contribution in [2.75, 3.05) is 7.11 Å². The molecule has 0 unspecified atom stereocenters. The predicted molar refractivity (Wildman–Crippen MR) is 104 cm³/mol. The van der Waals surface area contributed by atoms with E-state index in [9.17, 15) is 0 Å². The quantitative estimate of drug-likeness (QED) is 0.549. The lowest BCUT2D eigenvalue weighted by atomic mass is 9.60. The molecular weight excluding hydrogens is 348 g/mol. The minimum Gasteiger partial charge on any atom is -0.495 e. The highest BCUT2D eigenvalue weighted by molar-refractivity contribution is 9.10. The standard InChI is InChI=1S/C21H33BrO/c1-13-14(12-19(2,3)4)15-16(18(23-9)17(13)22)21(7,8)11-10-20(15,5)6/h10-12H2,1-9H3/i1D3,12D2. The fourth-order valence-corrected chi connectivity index (χ4v) is 4.14. The SMILES string of the molecule is [2H]C([2H])([2H])c1c(Br)c(OC)c2c(c1C([2H])([2H])C(C)(C)C)C(C)(C)CCC2(C)C. The van der Waals surface area contributed by atoms with Crippen LogP contribution < -0.4 is 4.74 Å². The molecule has 0 saturated carbocycles. The first-order chi connectivity index (χ1) is 12.3. The Bertz CT molecular complexity index is 786. The van der Waals surface area contributed by atoms with Crippen LogP contribution in [0.1, 0.15) is 90.4 Å². The number of hydrogen-bond acceptors (Lipinski definition) is 1. The van der Waals surface area contributed by atoms with Gasteiger partial charge in [0.1, 0.15) is 5.75 Å². The molecule has 1 aromatic carbocycles. The highest BCUT2D eigenvalue weighted by atomic mass is 79.9. The second kappa shape index (κ2) is 5.79. The average Bonchev–Trinajstić information content (AvgIpc) is 2.48. The fraction of sp³-hybridized carbons (Fsp3) is 0.714. The van der Waals surface area contributed by atoms with Gasteiger partial charge in [0.15, 0.2) is 0 Å².